The molecule has 128 valence electrons. The van der Waals surface area contributed by atoms with E-state index in [0.717, 1.165) is 24.8 Å². The number of thiophene rings is 1. The van der Waals surface area contributed by atoms with Crippen molar-refractivity contribution in [2.45, 2.75) is 37.8 Å². The summed E-state index contributed by atoms with van der Waals surface area (Å²) in [6.07, 6.45) is 2.85. The molecule has 2 atom stereocenters. The predicted octanol–water partition coefficient (Wildman–Crippen LogP) is 4.20. The van der Waals surface area contributed by atoms with Gasteiger partial charge in [-0.3, -0.25) is 4.79 Å². The third-order valence-electron chi connectivity index (χ3n) is 4.65. The number of amides is 1. The lowest BCUT2D eigenvalue weighted by Crippen LogP contribution is -2.41. The van der Waals surface area contributed by atoms with E-state index in [2.05, 4.69) is 11.4 Å². The number of benzene rings is 1. The van der Waals surface area contributed by atoms with Crippen molar-refractivity contribution in [3.05, 3.63) is 58.0 Å². The molecule has 0 bridgehead atoms. The van der Waals surface area contributed by atoms with Crippen LogP contribution in [0.3, 0.4) is 0 Å². The molecule has 1 aromatic carbocycles. The van der Waals surface area contributed by atoms with E-state index in [9.17, 15) is 9.18 Å². The number of carbonyl (C=O) groups is 1. The van der Waals surface area contributed by atoms with Crippen molar-refractivity contribution >= 4 is 17.2 Å². The van der Waals surface area contributed by atoms with E-state index >= 15 is 0 Å². The number of hydrogen-bond acceptors (Lipinski definition) is 3. The molecule has 1 aliphatic rings. The number of aryl methyl sites for hydroxylation is 1. The second-order valence-electron chi connectivity index (χ2n) is 6.23. The maximum absolute atomic E-state index is 13.1. The van der Waals surface area contributed by atoms with Gasteiger partial charge in [-0.25, -0.2) is 4.39 Å². The second-order valence-corrected chi connectivity index (χ2v) is 7.01. The summed E-state index contributed by atoms with van der Waals surface area (Å²) in [7, 11) is 1.88. The fourth-order valence-corrected chi connectivity index (χ4v) is 3.81. The fraction of sp³-hybridized carbons (Fsp3) is 0.421. The largest absolute Gasteiger partial charge is 0.373 e. The molecule has 3 rings (SSSR count). The van der Waals surface area contributed by atoms with Gasteiger partial charge in [0.15, 0.2) is 0 Å². The Morgan fingerprint density at radius 1 is 1.33 bits per heavy atom. The van der Waals surface area contributed by atoms with Gasteiger partial charge in [-0.15, -0.1) is 0 Å². The normalized spacial score (nSPS) is 20.8. The lowest BCUT2D eigenvalue weighted by molar-refractivity contribution is -0.135. The zero-order valence-corrected chi connectivity index (χ0v) is 14.6. The third kappa shape index (κ3) is 4.22. The van der Waals surface area contributed by atoms with E-state index < -0.39 is 0 Å². The summed E-state index contributed by atoms with van der Waals surface area (Å²) < 4.78 is 18.9. The maximum Gasteiger partial charge on any atom is 0.222 e. The molecule has 5 heteroatoms. The molecular formula is C19H22FNO2S. The summed E-state index contributed by atoms with van der Waals surface area (Å²) in [5, 5.41) is 4.13. The van der Waals surface area contributed by atoms with Crippen LogP contribution < -0.4 is 0 Å². The van der Waals surface area contributed by atoms with Gasteiger partial charge in [0.05, 0.1) is 6.10 Å². The molecular weight excluding hydrogens is 325 g/mol. The maximum atomic E-state index is 13.1. The Balaban J connectivity index is 1.56. The molecule has 1 fully saturated rings. The predicted molar refractivity (Wildman–Crippen MR) is 93.5 cm³/mol. The quantitative estimate of drug-likeness (QED) is 0.811. The highest BCUT2D eigenvalue weighted by molar-refractivity contribution is 7.07. The van der Waals surface area contributed by atoms with E-state index in [-0.39, 0.29) is 23.9 Å². The van der Waals surface area contributed by atoms with Crippen LogP contribution in [0.2, 0.25) is 0 Å². The molecule has 24 heavy (non-hydrogen) atoms. The molecule has 2 aromatic rings. The molecule has 0 aliphatic carbocycles. The van der Waals surface area contributed by atoms with Gasteiger partial charge in [0, 0.05) is 26.1 Å². The monoisotopic (exact) mass is 347 g/mol. The Morgan fingerprint density at radius 2 is 2.12 bits per heavy atom. The Morgan fingerprint density at radius 3 is 2.83 bits per heavy atom. The lowest BCUT2D eigenvalue weighted by atomic mass is 9.96. The Labute approximate surface area is 146 Å². The standard InChI is InChI=1S/C19H22FNO2S/c1-21(19(22)7-2-14-9-11-24-13-14)17-8-10-23-18(12-17)15-3-5-16(20)6-4-15/h3-6,9,11,13,17-18H,2,7-8,10,12H2,1H3/t17-,18-/m0/s1. The zero-order chi connectivity index (χ0) is 16.9. The van der Waals surface area contributed by atoms with Crippen LogP contribution in [0.25, 0.3) is 0 Å². The summed E-state index contributed by atoms with van der Waals surface area (Å²) in [4.78, 5) is 14.3. The molecule has 1 amide bonds. The van der Waals surface area contributed by atoms with Crippen LogP contribution in [-0.4, -0.2) is 30.5 Å². The third-order valence-corrected chi connectivity index (χ3v) is 5.38. The highest BCUT2D eigenvalue weighted by atomic mass is 32.1. The Hall–Kier alpha value is -1.72. The molecule has 2 heterocycles. The molecule has 3 nitrogen and oxygen atoms in total. The molecule has 0 radical (unpaired) electrons. The smallest absolute Gasteiger partial charge is 0.222 e. The van der Waals surface area contributed by atoms with Gasteiger partial charge in [-0.1, -0.05) is 12.1 Å². The minimum atomic E-state index is -0.244. The van der Waals surface area contributed by atoms with Crippen molar-refractivity contribution < 1.29 is 13.9 Å². The van der Waals surface area contributed by atoms with Crippen LogP contribution in [0.15, 0.2) is 41.1 Å². The average molecular weight is 347 g/mol. The van der Waals surface area contributed by atoms with Crippen molar-refractivity contribution in [1.82, 2.24) is 4.90 Å². The van der Waals surface area contributed by atoms with E-state index in [4.69, 9.17) is 4.74 Å². The number of nitrogens with zero attached hydrogens (tertiary/aromatic N) is 1. The minimum Gasteiger partial charge on any atom is -0.373 e. The molecule has 0 N–H and O–H groups in total. The van der Waals surface area contributed by atoms with Gasteiger partial charge in [0.1, 0.15) is 5.82 Å². The molecule has 1 aliphatic heterocycles. The summed E-state index contributed by atoms with van der Waals surface area (Å²) in [5.41, 5.74) is 2.19. The second kappa shape index (κ2) is 7.90. The van der Waals surface area contributed by atoms with E-state index in [1.165, 1.54) is 17.7 Å². The zero-order valence-electron chi connectivity index (χ0n) is 13.8. The first-order valence-electron chi connectivity index (χ1n) is 8.27. The highest BCUT2D eigenvalue weighted by Crippen LogP contribution is 2.30. The van der Waals surface area contributed by atoms with Crippen molar-refractivity contribution in [3.8, 4) is 0 Å². The number of rotatable bonds is 5. The van der Waals surface area contributed by atoms with Crippen molar-refractivity contribution in [2.24, 2.45) is 0 Å². The highest BCUT2D eigenvalue weighted by Gasteiger charge is 2.28. The first-order valence-corrected chi connectivity index (χ1v) is 9.21. The van der Waals surface area contributed by atoms with Crippen LogP contribution >= 0.6 is 11.3 Å². The molecule has 1 saturated heterocycles. The summed E-state index contributed by atoms with van der Waals surface area (Å²) in [6.45, 7) is 0.620. The van der Waals surface area contributed by atoms with Gasteiger partial charge in [-0.05, 0) is 59.3 Å². The Bertz CT molecular complexity index is 657. The minimum absolute atomic E-state index is 0.0727. The first-order chi connectivity index (χ1) is 11.6. The molecule has 0 saturated carbocycles. The van der Waals surface area contributed by atoms with Crippen molar-refractivity contribution in [3.63, 3.8) is 0 Å². The SMILES string of the molecule is CN(C(=O)CCc1ccsc1)[C@H]1CCO[C@H](c2ccc(F)cc2)C1. The number of carbonyl (C=O) groups excluding carboxylic acids is 1. The van der Waals surface area contributed by atoms with Crippen LogP contribution in [0, 0.1) is 5.82 Å². The number of ether oxygens (including phenoxy) is 1. The average Bonchev–Trinajstić information content (AvgIpc) is 3.13. The van der Waals surface area contributed by atoms with Crippen LogP contribution in [0.1, 0.15) is 36.5 Å². The number of halogens is 1. The van der Waals surface area contributed by atoms with Crippen molar-refractivity contribution in [2.75, 3.05) is 13.7 Å². The van der Waals surface area contributed by atoms with Gasteiger partial charge >= 0.3 is 0 Å². The van der Waals surface area contributed by atoms with Crippen LogP contribution in [0.5, 0.6) is 0 Å². The van der Waals surface area contributed by atoms with E-state index in [0.29, 0.717) is 13.0 Å². The van der Waals surface area contributed by atoms with Gasteiger partial charge in [0.2, 0.25) is 5.91 Å². The summed E-state index contributed by atoms with van der Waals surface area (Å²) in [6, 6.07) is 8.68. The lowest BCUT2D eigenvalue weighted by Gasteiger charge is -2.35. The fourth-order valence-electron chi connectivity index (χ4n) is 3.11. The summed E-state index contributed by atoms with van der Waals surface area (Å²) >= 11 is 1.66. The van der Waals surface area contributed by atoms with E-state index in [1.54, 1.807) is 23.5 Å². The number of hydrogen-bond donors (Lipinski definition) is 0. The topological polar surface area (TPSA) is 29.5 Å². The van der Waals surface area contributed by atoms with Crippen LogP contribution in [-0.2, 0) is 16.0 Å². The van der Waals surface area contributed by atoms with Crippen LogP contribution in [0.4, 0.5) is 4.39 Å². The molecule has 0 spiro atoms. The van der Waals surface area contributed by atoms with E-state index in [1.807, 2.05) is 17.3 Å². The Kier molecular flexibility index (Phi) is 5.63. The van der Waals surface area contributed by atoms with Crippen molar-refractivity contribution in [1.29, 1.82) is 0 Å². The summed E-state index contributed by atoms with van der Waals surface area (Å²) in [5.74, 6) is -0.0715. The van der Waals surface area contributed by atoms with Gasteiger partial charge in [0.25, 0.3) is 0 Å². The van der Waals surface area contributed by atoms with Gasteiger partial charge < -0.3 is 9.64 Å². The van der Waals surface area contributed by atoms with Gasteiger partial charge in [-0.2, -0.15) is 11.3 Å². The first kappa shape index (κ1) is 17.1. The molecule has 1 aromatic heterocycles. The molecule has 0 unspecified atom stereocenters.